The number of nitrogens with two attached hydrogens (primary N) is 1. The highest BCUT2D eigenvalue weighted by molar-refractivity contribution is 7.90. The van der Waals surface area contributed by atoms with Crippen molar-refractivity contribution in [2.24, 2.45) is 0 Å². The van der Waals surface area contributed by atoms with Gasteiger partial charge in [-0.25, -0.2) is 8.42 Å². The molecule has 2 N–H and O–H groups in total. The SMILES string of the molecule is Nc1ccc(Cl)cc1CS(=O)(=O)c1ccc(Cl)cc1. The minimum Gasteiger partial charge on any atom is -0.398 e. The van der Waals surface area contributed by atoms with E-state index in [0.717, 1.165) is 0 Å². The largest absolute Gasteiger partial charge is 0.398 e. The molecule has 6 heteroatoms. The van der Waals surface area contributed by atoms with Crippen LogP contribution in [0.25, 0.3) is 0 Å². The van der Waals surface area contributed by atoms with Crippen LogP contribution in [-0.4, -0.2) is 8.42 Å². The first-order valence-electron chi connectivity index (χ1n) is 5.41. The maximum absolute atomic E-state index is 12.2. The van der Waals surface area contributed by atoms with Crippen molar-refractivity contribution in [2.75, 3.05) is 5.73 Å². The number of rotatable bonds is 3. The Morgan fingerprint density at radius 3 is 2.16 bits per heavy atom. The van der Waals surface area contributed by atoms with Gasteiger partial charge in [0, 0.05) is 15.7 Å². The van der Waals surface area contributed by atoms with Crippen LogP contribution in [0.15, 0.2) is 47.4 Å². The summed E-state index contributed by atoms with van der Waals surface area (Å²) in [5, 5.41) is 0.941. The van der Waals surface area contributed by atoms with Crippen LogP contribution in [0.2, 0.25) is 10.0 Å². The van der Waals surface area contributed by atoms with Crippen LogP contribution < -0.4 is 5.73 Å². The van der Waals surface area contributed by atoms with Crippen molar-refractivity contribution in [1.82, 2.24) is 0 Å². The van der Waals surface area contributed by atoms with Gasteiger partial charge in [-0.3, -0.25) is 0 Å². The predicted molar refractivity (Wildman–Crippen MR) is 78.2 cm³/mol. The van der Waals surface area contributed by atoms with Gasteiger partial charge in [0.2, 0.25) is 0 Å². The summed E-state index contributed by atoms with van der Waals surface area (Å²) in [7, 11) is -3.47. The van der Waals surface area contributed by atoms with Crippen LogP contribution in [0.3, 0.4) is 0 Å². The van der Waals surface area contributed by atoms with Gasteiger partial charge >= 0.3 is 0 Å². The van der Waals surface area contributed by atoms with Gasteiger partial charge < -0.3 is 5.73 Å². The zero-order chi connectivity index (χ0) is 14.0. The summed E-state index contributed by atoms with van der Waals surface area (Å²) in [4.78, 5) is 0.205. The number of halogens is 2. The molecule has 0 aromatic heterocycles. The topological polar surface area (TPSA) is 60.2 Å². The molecule has 3 nitrogen and oxygen atoms in total. The molecule has 0 amide bonds. The second kappa shape index (κ2) is 5.41. The molecule has 0 radical (unpaired) electrons. The van der Waals surface area contributed by atoms with Crippen molar-refractivity contribution in [3.05, 3.63) is 58.1 Å². The Morgan fingerprint density at radius 2 is 1.53 bits per heavy atom. The Bertz CT molecular complexity index is 697. The van der Waals surface area contributed by atoms with Gasteiger partial charge in [-0.15, -0.1) is 0 Å². The minimum absolute atomic E-state index is 0.193. The highest BCUT2D eigenvalue weighted by Crippen LogP contribution is 2.24. The molecular formula is C13H11Cl2NO2S. The summed E-state index contributed by atoms with van der Waals surface area (Å²) < 4.78 is 24.5. The van der Waals surface area contributed by atoms with Crippen molar-refractivity contribution in [3.63, 3.8) is 0 Å². The maximum atomic E-state index is 12.2. The number of benzene rings is 2. The fraction of sp³-hybridized carbons (Fsp3) is 0.0769. The lowest BCUT2D eigenvalue weighted by molar-refractivity contribution is 0.595. The Balaban J connectivity index is 2.36. The lowest BCUT2D eigenvalue weighted by atomic mass is 10.2. The molecule has 0 saturated heterocycles. The van der Waals surface area contributed by atoms with Gasteiger partial charge in [-0.05, 0) is 48.0 Å². The fourth-order valence-electron chi connectivity index (χ4n) is 1.63. The van der Waals surface area contributed by atoms with E-state index in [2.05, 4.69) is 0 Å². The smallest absolute Gasteiger partial charge is 0.182 e. The third-order valence-electron chi connectivity index (χ3n) is 2.62. The summed E-state index contributed by atoms with van der Waals surface area (Å²) in [6, 6.07) is 10.8. The number of nitrogen functional groups attached to an aromatic ring is 1. The highest BCUT2D eigenvalue weighted by atomic mass is 35.5. The van der Waals surface area contributed by atoms with E-state index in [1.54, 1.807) is 18.2 Å². The first-order chi connectivity index (χ1) is 8.88. The van der Waals surface area contributed by atoms with E-state index in [9.17, 15) is 8.42 Å². The van der Waals surface area contributed by atoms with Gasteiger partial charge in [-0.1, -0.05) is 23.2 Å². The molecule has 0 atom stereocenters. The lowest BCUT2D eigenvalue weighted by Crippen LogP contribution is -2.07. The van der Waals surface area contributed by atoms with Gasteiger partial charge in [0.05, 0.1) is 10.6 Å². The quantitative estimate of drug-likeness (QED) is 0.881. The van der Waals surface area contributed by atoms with E-state index in [1.807, 2.05) is 0 Å². The molecule has 100 valence electrons. The third kappa shape index (κ3) is 3.41. The summed E-state index contributed by atoms with van der Waals surface area (Å²) in [6.07, 6.45) is 0. The highest BCUT2D eigenvalue weighted by Gasteiger charge is 2.17. The van der Waals surface area contributed by atoms with Gasteiger partial charge in [-0.2, -0.15) is 0 Å². The van der Waals surface area contributed by atoms with Gasteiger partial charge in [0.1, 0.15) is 0 Å². The fourth-order valence-corrected chi connectivity index (χ4v) is 3.33. The molecule has 0 aliphatic rings. The summed E-state index contributed by atoms with van der Waals surface area (Å²) in [5.74, 6) is -0.193. The zero-order valence-electron chi connectivity index (χ0n) is 9.81. The molecule has 2 rings (SSSR count). The van der Waals surface area contributed by atoms with Crippen molar-refractivity contribution in [3.8, 4) is 0 Å². The molecule has 0 spiro atoms. The first-order valence-corrected chi connectivity index (χ1v) is 7.81. The average Bonchev–Trinajstić information content (AvgIpc) is 2.34. The number of sulfone groups is 1. The summed E-state index contributed by atoms with van der Waals surface area (Å²) in [6.45, 7) is 0. The molecule has 0 aliphatic heterocycles. The van der Waals surface area contributed by atoms with E-state index in [-0.39, 0.29) is 10.6 Å². The van der Waals surface area contributed by atoms with Crippen LogP contribution in [0.5, 0.6) is 0 Å². The molecule has 2 aromatic carbocycles. The molecule has 0 aliphatic carbocycles. The Hall–Kier alpha value is -1.23. The van der Waals surface area contributed by atoms with E-state index in [0.29, 0.717) is 21.3 Å². The van der Waals surface area contributed by atoms with Gasteiger partial charge in [0.15, 0.2) is 9.84 Å². The standard InChI is InChI=1S/C13H11Cl2NO2S/c14-10-1-4-12(5-2-10)19(17,18)8-9-7-11(15)3-6-13(9)16/h1-7H,8,16H2. The number of hydrogen-bond acceptors (Lipinski definition) is 3. The Morgan fingerprint density at radius 1 is 0.947 bits per heavy atom. The van der Waals surface area contributed by atoms with E-state index in [4.69, 9.17) is 28.9 Å². The van der Waals surface area contributed by atoms with E-state index >= 15 is 0 Å². The van der Waals surface area contributed by atoms with E-state index in [1.165, 1.54) is 24.3 Å². The lowest BCUT2D eigenvalue weighted by Gasteiger charge is -2.08. The third-order valence-corrected chi connectivity index (χ3v) is 4.79. The molecule has 19 heavy (non-hydrogen) atoms. The second-order valence-corrected chi connectivity index (χ2v) is 6.92. The van der Waals surface area contributed by atoms with Gasteiger partial charge in [0.25, 0.3) is 0 Å². The van der Waals surface area contributed by atoms with Crippen LogP contribution in [-0.2, 0) is 15.6 Å². The number of anilines is 1. The molecule has 0 fully saturated rings. The van der Waals surface area contributed by atoms with Crippen molar-refractivity contribution in [1.29, 1.82) is 0 Å². The molecular weight excluding hydrogens is 305 g/mol. The zero-order valence-corrected chi connectivity index (χ0v) is 12.1. The molecule has 0 heterocycles. The van der Waals surface area contributed by atoms with Crippen LogP contribution in [0.1, 0.15) is 5.56 Å². The molecule has 0 bridgehead atoms. The first kappa shape index (κ1) is 14.2. The molecule has 2 aromatic rings. The molecule has 0 unspecified atom stereocenters. The van der Waals surface area contributed by atoms with E-state index < -0.39 is 9.84 Å². The Labute approximate surface area is 121 Å². The predicted octanol–water partition coefficient (Wildman–Crippen LogP) is 3.55. The van der Waals surface area contributed by atoms with Crippen molar-refractivity contribution >= 4 is 38.7 Å². The molecule has 0 saturated carbocycles. The minimum atomic E-state index is -3.47. The van der Waals surface area contributed by atoms with Crippen LogP contribution in [0, 0.1) is 0 Å². The van der Waals surface area contributed by atoms with Crippen LogP contribution >= 0.6 is 23.2 Å². The maximum Gasteiger partial charge on any atom is 0.182 e. The number of hydrogen-bond donors (Lipinski definition) is 1. The average molecular weight is 316 g/mol. The summed E-state index contributed by atoms with van der Waals surface area (Å²) >= 11 is 11.6. The monoisotopic (exact) mass is 315 g/mol. The van der Waals surface area contributed by atoms with Crippen LogP contribution in [0.4, 0.5) is 5.69 Å². The Kier molecular flexibility index (Phi) is 4.04. The normalized spacial score (nSPS) is 11.5. The summed E-state index contributed by atoms with van der Waals surface area (Å²) in [5.41, 5.74) is 6.65. The van der Waals surface area contributed by atoms with Crippen molar-refractivity contribution in [2.45, 2.75) is 10.6 Å². The van der Waals surface area contributed by atoms with Crippen molar-refractivity contribution < 1.29 is 8.42 Å². The second-order valence-electron chi connectivity index (χ2n) is 4.06.